The van der Waals surface area contributed by atoms with Gasteiger partial charge in [-0.3, -0.25) is 4.79 Å². The van der Waals surface area contributed by atoms with Crippen LogP contribution in [0.4, 0.5) is 16.5 Å². The molecule has 26 heavy (non-hydrogen) atoms. The number of thiazole rings is 1. The average Bonchev–Trinajstić information content (AvgIpc) is 3.01. The van der Waals surface area contributed by atoms with Crippen molar-refractivity contribution in [1.29, 1.82) is 0 Å². The molecule has 0 aliphatic carbocycles. The molecule has 5 nitrogen and oxygen atoms in total. The van der Waals surface area contributed by atoms with Crippen molar-refractivity contribution in [1.82, 2.24) is 4.98 Å². The maximum absolute atomic E-state index is 12.2. The van der Waals surface area contributed by atoms with E-state index in [-0.39, 0.29) is 12.3 Å². The Bertz CT molecular complexity index is 930. The van der Waals surface area contributed by atoms with Gasteiger partial charge < -0.3 is 15.4 Å². The van der Waals surface area contributed by atoms with Gasteiger partial charge in [-0.2, -0.15) is 0 Å². The second-order valence-electron chi connectivity index (χ2n) is 5.35. The summed E-state index contributed by atoms with van der Waals surface area (Å²) in [5.74, 6) is 0.381. The lowest BCUT2D eigenvalue weighted by molar-refractivity contribution is -0.115. The highest BCUT2D eigenvalue weighted by Crippen LogP contribution is 2.27. The summed E-state index contributed by atoms with van der Waals surface area (Å²) in [6, 6.07) is 12.4. The quantitative estimate of drug-likeness (QED) is 0.575. The van der Waals surface area contributed by atoms with E-state index < -0.39 is 0 Å². The highest BCUT2D eigenvalue weighted by molar-refractivity contribution is 7.13. The molecule has 2 aromatic carbocycles. The first kappa shape index (κ1) is 18.5. The lowest BCUT2D eigenvalue weighted by atomic mass is 10.2. The van der Waals surface area contributed by atoms with Gasteiger partial charge in [0.25, 0.3) is 0 Å². The third-order valence-corrected chi connectivity index (χ3v) is 4.74. The van der Waals surface area contributed by atoms with Gasteiger partial charge in [-0.1, -0.05) is 29.3 Å². The van der Waals surface area contributed by atoms with Gasteiger partial charge in [0.2, 0.25) is 5.91 Å². The lowest BCUT2D eigenvalue weighted by Gasteiger charge is -2.07. The fraction of sp³-hybridized carbons (Fsp3) is 0.111. The molecule has 3 rings (SSSR count). The summed E-state index contributed by atoms with van der Waals surface area (Å²) < 4.78 is 5.09. The van der Waals surface area contributed by atoms with E-state index in [2.05, 4.69) is 15.6 Å². The number of anilines is 3. The number of hydrogen-bond acceptors (Lipinski definition) is 5. The topological polar surface area (TPSA) is 63.2 Å². The van der Waals surface area contributed by atoms with Crippen molar-refractivity contribution in [3.8, 4) is 5.75 Å². The molecular weight excluding hydrogens is 393 g/mol. The summed E-state index contributed by atoms with van der Waals surface area (Å²) in [5.41, 5.74) is 2.13. The summed E-state index contributed by atoms with van der Waals surface area (Å²) in [6.45, 7) is 0. The Balaban J connectivity index is 1.60. The van der Waals surface area contributed by atoms with Gasteiger partial charge in [0.1, 0.15) is 5.75 Å². The number of amides is 1. The molecule has 0 radical (unpaired) electrons. The second kappa shape index (κ2) is 8.40. The fourth-order valence-corrected chi connectivity index (χ4v) is 3.43. The van der Waals surface area contributed by atoms with Crippen molar-refractivity contribution in [3.05, 3.63) is 63.6 Å². The van der Waals surface area contributed by atoms with Gasteiger partial charge in [0.05, 0.1) is 24.2 Å². The number of nitrogens with zero attached hydrogens (tertiary/aromatic N) is 1. The van der Waals surface area contributed by atoms with Crippen LogP contribution < -0.4 is 15.4 Å². The number of carbonyl (C=O) groups is 1. The molecule has 1 amide bonds. The van der Waals surface area contributed by atoms with Crippen LogP contribution in [-0.2, 0) is 11.2 Å². The molecule has 0 unspecified atom stereocenters. The SMILES string of the molecule is COc1ccc(NC(=O)Cc2csc(Nc3cccc(Cl)c3)n2)cc1Cl. The number of halogens is 2. The zero-order chi connectivity index (χ0) is 18.5. The molecule has 1 heterocycles. The van der Waals surface area contributed by atoms with Crippen LogP contribution in [0.25, 0.3) is 0 Å². The minimum atomic E-state index is -0.175. The molecule has 0 atom stereocenters. The standard InChI is InChI=1S/C18H15Cl2N3O2S/c1-25-16-6-5-13(8-15(16)20)21-17(24)9-14-10-26-18(23-14)22-12-4-2-3-11(19)7-12/h2-8,10H,9H2,1H3,(H,21,24)(H,22,23). The molecule has 0 aliphatic rings. The zero-order valence-corrected chi connectivity index (χ0v) is 16.1. The smallest absolute Gasteiger partial charge is 0.230 e. The van der Waals surface area contributed by atoms with Crippen LogP contribution in [0.3, 0.4) is 0 Å². The van der Waals surface area contributed by atoms with Crippen molar-refractivity contribution < 1.29 is 9.53 Å². The van der Waals surface area contributed by atoms with Crippen molar-refractivity contribution >= 4 is 57.0 Å². The molecule has 0 spiro atoms. The lowest BCUT2D eigenvalue weighted by Crippen LogP contribution is -2.14. The first-order valence-corrected chi connectivity index (χ1v) is 9.27. The molecule has 0 saturated carbocycles. The van der Waals surface area contributed by atoms with Crippen LogP contribution in [0.1, 0.15) is 5.69 Å². The number of methoxy groups -OCH3 is 1. The summed E-state index contributed by atoms with van der Waals surface area (Å²) >= 11 is 13.4. The minimum absolute atomic E-state index is 0.164. The Labute approximate surface area is 164 Å². The molecule has 0 fully saturated rings. The summed E-state index contributed by atoms with van der Waals surface area (Å²) in [4.78, 5) is 16.6. The number of rotatable bonds is 6. The molecule has 2 N–H and O–H groups in total. The largest absolute Gasteiger partial charge is 0.495 e. The third kappa shape index (κ3) is 4.88. The maximum Gasteiger partial charge on any atom is 0.230 e. The summed E-state index contributed by atoms with van der Waals surface area (Å²) in [5, 5.41) is 9.58. The summed E-state index contributed by atoms with van der Waals surface area (Å²) in [6.07, 6.45) is 0.164. The third-order valence-electron chi connectivity index (χ3n) is 3.40. The zero-order valence-electron chi connectivity index (χ0n) is 13.8. The highest BCUT2D eigenvalue weighted by atomic mass is 35.5. The van der Waals surface area contributed by atoms with Gasteiger partial charge in [0.15, 0.2) is 5.13 Å². The molecule has 1 aromatic heterocycles. The van der Waals surface area contributed by atoms with Crippen LogP contribution >= 0.6 is 34.5 Å². The van der Waals surface area contributed by atoms with Crippen LogP contribution in [0.15, 0.2) is 47.8 Å². The molecule has 134 valence electrons. The number of ether oxygens (including phenoxy) is 1. The van der Waals surface area contributed by atoms with E-state index >= 15 is 0 Å². The maximum atomic E-state index is 12.2. The van der Waals surface area contributed by atoms with E-state index in [1.807, 2.05) is 23.6 Å². The fourth-order valence-electron chi connectivity index (χ4n) is 2.25. The van der Waals surface area contributed by atoms with E-state index in [0.29, 0.717) is 32.3 Å². The number of aromatic nitrogens is 1. The van der Waals surface area contributed by atoms with Crippen LogP contribution in [-0.4, -0.2) is 18.0 Å². The number of carbonyl (C=O) groups excluding carboxylic acids is 1. The first-order valence-electron chi connectivity index (χ1n) is 7.64. The Kier molecular flexibility index (Phi) is 5.98. The highest BCUT2D eigenvalue weighted by Gasteiger charge is 2.10. The van der Waals surface area contributed by atoms with Gasteiger partial charge in [-0.15, -0.1) is 11.3 Å². The monoisotopic (exact) mass is 407 g/mol. The molecule has 0 bridgehead atoms. The second-order valence-corrected chi connectivity index (χ2v) is 7.06. The molecule has 0 saturated heterocycles. The van der Waals surface area contributed by atoms with Gasteiger partial charge in [-0.25, -0.2) is 4.98 Å². The average molecular weight is 408 g/mol. The van der Waals surface area contributed by atoms with Crippen LogP contribution in [0, 0.1) is 0 Å². The number of benzene rings is 2. The first-order chi connectivity index (χ1) is 12.5. The molecule has 0 aliphatic heterocycles. The van der Waals surface area contributed by atoms with Crippen molar-refractivity contribution in [3.63, 3.8) is 0 Å². The number of hydrogen-bond donors (Lipinski definition) is 2. The predicted molar refractivity (Wildman–Crippen MR) is 107 cm³/mol. The van der Waals surface area contributed by atoms with Crippen molar-refractivity contribution in [2.75, 3.05) is 17.7 Å². The minimum Gasteiger partial charge on any atom is -0.495 e. The normalized spacial score (nSPS) is 10.4. The Hall–Kier alpha value is -2.28. The van der Waals surface area contributed by atoms with E-state index in [1.54, 1.807) is 24.3 Å². The Morgan fingerprint density at radius 2 is 2.04 bits per heavy atom. The van der Waals surface area contributed by atoms with E-state index in [9.17, 15) is 4.79 Å². The van der Waals surface area contributed by atoms with Crippen LogP contribution in [0.2, 0.25) is 10.0 Å². The molecular formula is C18H15Cl2N3O2S. The van der Waals surface area contributed by atoms with Crippen molar-refractivity contribution in [2.24, 2.45) is 0 Å². The van der Waals surface area contributed by atoms with E-state index in [4.69, 9.17) is 27.9 Å². The Morgan fingerprint density at radius 1 is 1.19 bits per heavy atom. The summed E-state index contributed by atoms with van der Waals surface area (Å²) in [7, 11) is 1.54. The number of nitrogens with one attached hydrogen (secondary N) is 2. The molecule has 8 heteroatoms. The van der Waals surface area contributed by atoms with Crippen molar-refractivity contribution in [2.45, 2.75) is 6.42 Å². The predicted octanol–water partition coefficient (Wildman–Crippen LogP) is 5.38. The van der Waals surface area contributed by atoms with Crippen LogP contribution in [0.5, 0.6) is 5.75 Å². The molecule has 3 aromatic rings. The Morgan fingerprint density at radius 3 is 2.77 bits per heavy atom. The van der Waals surface area contributed by atoms with E-state index in [1.165, 1.54) is 18.4 Å². The van der Waals surface area contributed by atoms with Gasteiger partial charge >= 0.3 is 0 Å². The van der Waals surface area contributed by atoms with E-state index in [0.717, 1.165) is 5.69 Å². The van der Waals surface area contributed by atoms with Gasteiger partial charge in [-0.05, 0) is 36.4 Å². The van der Waals surface area contributed by atoms with Gasteiger partial charge in [0, 0.05) is 21.8 Å².